The Balaban J connectivity index is 1.41. The van der Waals surface area contributed by atoms with Crippen molar-refractivity contribution in [1.82, 2.24) is 19.2 Å². The van der Waals surface area contributed by atoms with Crippen molar-refractivity contribution in [3.63, 3.8) is 0 Å². The lowest BCUT2D eigenvalue weighted by Gasteiger charge is -2.36. The van der Waals surface area contributed by atoms with Gasteiger partial charge in [0.15, 0.2) is 5.69 Å². The van der Waals surface area contributed by atoms with E-state index in [9.17, 15) is 9.59 Å². The molecule has 0 unspecified atom stereocenters. The Kier molecular flexibility index (Phi) is 6.18. The molecule has 0 atom stereocenters. The van der Waals surface area contributed by atoms with E-state index in [0.717, 1.165) is 22.3 Å². The van der Waals surface area contributed by atoms with Crippen molar-refractivity contribution in [2.45, 2.75) is 0 Å². The number of fused-ring (bicyclic) bond motifs is 3. The Bertz CT molecular complexity index is 1730. The number of hydrogen-bond donors (Lipinski definition) is 0. The van der Waals surface area contributed by atoms with Crippen LogP contribution in [0.2, 0.25) is 0 Å². The Hall–Kier alpha value is -4.79. The van der Waals surface area contributed by atoms with E-state index in [2.05, 4.69) is 4.90 Å². The molecule has 9 heteroatoms. The number of benzene rings is 3. The van der Waals surface area contributed by atoms with Gasteiger partial charge in [-0.15, -0.1) is 0 Å². The van der Waals surface area contributed by atoms with Gasteiger partial charge >= 0.3 is 0 Å². The molecule has 39 heavy (non-hydrogen) atoms. The van der Waals surface area contributed by atoms with Crippen molar-refractivity contribution < 1.29 is 14.3 Å². The summed E-state index contributed by atoms with van der Waals surface area (Å²) >= 11 is 0. The van der Waals surface area contributed by atoms with Crippen LogP contribution in [0.3, 0.4) is 0 Å². The number of aryl methyl sites for hydroxylation is 1. The molecule has 1 aliphatic rings. The van der Waals surface area contributed by atoms with Gasteiger partial charge in [0.2, 0.25) is 0 Å². The zero-order valence-corrected chi connectivity index (χ0v) is 22.1. The molecule has 0 radical (unpaired) electrons. The van der Waals surface area contributed by atoms with Crippen LogP contribution >= 0.6 is 0 Å². The van der Waals surface area contributed by atoms with Crippen molar-refractivity contribution in [3.8, 4) is 17.2 Å². The molecule has 1 fully saturated rings. The zero-order valence-electron chi connectivity index (χ0n) is 22.1. The number of carbonyl (C=O) groups is 1. The van der Waals surface area contributed by atoms with E-state index in [4.69, 9.17) is 14.6 Å². The Morgan fingerprint density at radius 2 is 1.38 bits per heavy atom. The number of aromatic nitrogens is 3. The van der Waals surface area contributed by atoms with Crippen molar-refractivity contribution in [1.29, 1.82) is 0 Å². The van der Waals surface area contributed by atoms with Gasteiger partial charge in [-0.05, 0) is 54.6 Å². The molecule has 1 amide bonds. The highest BCUT2D eigenvalue weighted by atomic mass is 16.5. The number of anilines is 1. The van der Waals surface area contributed by atoms with Crippen LogP contribution in [0.5, 0.6) is 11.5 Å². The number of carbonyl (C=O) groups excluding carboxylic acids is 1. The molecule has 6 rings (SSSR count). The molecule has 0 aliphatic carbocycles. The lowest BCUT2D eigenvalue weighted by atomic mass is 10.1. The minimum atomic E-state index is -0.283. The van der Waals surface area contributed by atoms with Gasteiger partial charge in [-0.1, -0.05) is 18.2 Å². The molecule has 5 aromatic rings. The van der Waals surface area contributed by atoms with Crippen LogP contribution in [-0.4, -0.2) is 65.6 Å². The normalized spacial score (nSPS) is 13.7. The lowest BCUT2D eigenvalue weighted by molar-refractivity contribution is 0.0741. The summed E-state index contributed by atoms with van der Waals surface area (Å²) in [6.07, 6.45) is 0. The van der Waals surface area contributed by atoms with E-state index in [1.807, 2.05) is 65.0 Å². The van der Waals surface area contributed by atoms with E-state index < -0.39 is 0 Å². The van der Waals surface area contributed by atoms with E-state index in [-0.39, 0.29) is 17.2 Å². The van der Waals surface area contributed by atoms with Crippen LogP contribution in [0.25, 0.3) is 27.5 Å². The molecule has 0 spiro atoms. The van der Waals surface area contributed by atoms with Crippen molar-refractivity contribution in [2.24, 2.45) is 7.05 Å². The summed E-state index contributed by atoms with van der Waals surface area (Å²) in [4.78, 5) is 31.9. The second kappa shape index (κ2) is 9.83. The maximum atomic E-state index is 14.1. The third-order valence-corrected chi connectivity index (χ3v) is 7.46. The molecule has 0 bridgehead atoms. The van der Waals surface area contributed by atoms with Gasteiger partial charge in [0.25, 0.3) is 11.5 Å². The van der Waals surface area contributed by atoms with Crippen LogP contribution in [0.15, 0.2) is 77.6 Å². The lowest BCUT2D eigenvalue weighted by Crippen LogP contribution is -2.49. The predicted molar refractivity (Wildman–Crippen MR) is 151 cm³/mol. The number of para-hydroxylation sites is 1. The second-order valence-corrected chi connectivity index (χ2v) is 9.54. The Morgan fingerprint density at radius 3 is 2.00 bits per heavy atom. The van der Waals surface area contributed by atoms with Crippen LogP contribution in [0.4, 0.5) is 5.69 Å². The first-order chi connectivity index (χ1) is 19.0. The molecule has 2 aromatic heterocycles. The van der Waals surface area contributed by atoms with Gasteiger partial charge in [0.05, 0.1) is 19.9 Å². The fourth-order valence-corrected chi connectivity index (χ4v) is 5.34. The molecular weight excluding hydrogens is 494 g/mol. The molecule has 9 nitrogen and oxygen atoms in total. The molecule has 3 aromatic carbocycles. The summed E-state index contributed by atoms with van der Waals surface area (Å²) in [6.45, 7) is 2.46. The van der Waals surface area contributed by atoms with Gasteiger partial charge in [0, 0.05) is 55.2 Å². The minimum Gasteiger partial charge on any atom is -0.497 e. The first-order valence-corrected chi connectivity index (χ1v) is 12.8. The van der Waals surface area contributed by atoms with Crippen molar-refractivity contribution >= 4 is 33.4 Å². The number of hydrogen-bond acceptors (Lipinski definition) is 6. The van der Waals surface area contributed by atoms with Crippen LogP contribution in [0, 0.1) is 0 Å². The summed E-state index contributed by atoms with van der Waals surface area (Å²) in [5, 5.41) is 6.12. The van der Waals surface area contributed by atoms with Gasteiger partial charge in [-0.3, -0.25) is 9.59 Å². The van der Waals surface area contributed by atoms with Gasteiger partial charge < -0.3 is 23.8 Å². The summed E-state index contributed by atoms with van der Waals surface area (Å²) in [5.74, 6) is 1.29. The molecular formula is C30H29N5O4. The van der Waals surface area contributed by atoms with Gasteiger partial charge in [-0.2, -0.15) is 9.78 Å². The van der Waals surface area contributed by atoms with Gasteiger partial charge in [0.1, 0.15) is 17.0 Å². The highest BCUT2D eigenvalue weighted by molar-refractivity contribution is 6.16. The Morgan fingerprint density at radius 1 is 0.795 bits per heavy atom. The largest absolute Gasteiger partial charge is 0.497 e. The molecule has 0 saturated carbocycles. The smallest absolute Gasteiger partial charge is 0.296 e. The third-order valence-electron chi connectivity index (χ3n) is 7.46. The first-order valence-electron chi connectivity index (χ1n) is 12.8. The van der Waals surface area contributed by atoms with E-state index in [1.54, 1.807) is 38.5 Å². The average Bonchev–Trinajstić information content (AvgIpc) is 3.30. The quantitative estimate of drug-likeness (QED) is 0.348. The number of nitrogens with zero attached hydrogens (tertiary/aromatic N) is 5. The molecule has 3 heterocycles. The zero-order chi connectivity index (χ0) is 27.1. The Labute approximate surface area is 225 Å². The maximum Gasteiger partial charge on any atom is 0.296 e. The standard InChI is InChI=1S/C30H29N5O4/c1-32-25-7-5-4-6-24(25)26-27(31-35(30(37)28(26)32)21-10-14-23(39-3)15-11-21)29(36)34-18-16-33(17-19-34)20-8-12-22(38-2)13-9-20/h4-15H,16-19H2,1-3H3. The number of ether oxygens (including phenoxy) is 2. The first kappa shape index (κ1) is 24.5. The number of rotatable bonds is 5. The maximum absolute atomic E-state index is 14.1. The van der Waals surface area contributed by atoms with Crippen LogP contribution < -0.4 is 19.9 Å². The molecule has 198 valence electrons. The summed E-state index contributed by atoms with van der Waals surface area (Å²) in [7, 11) is 5.09. The van der Waals surface area contributed by atoms with E-state index >= 15 is 0 Å². The van der Waals surface area contributed by atoms with Crippen LogP contribution in [-0.2, 0) is 7.05 Å². The summed E-state index contributed by atoms with van der Waals surface area (Å²) in [5.41, 5.74) is 2.96. The van der Waals surface area contributed by atoms with Crippen LogP contribution in [0.1, 0.15) is 10.5 Å². The monoisotopic (exact) mass is 523 g/mol. The summed E-state index contributed by atoms with van der Waals surface area (Å²) < 4.78 is 13.7. The molecule has 1 aliphatic heterocycles. The van der Waals surface area contributed by atoms with Crippen molar-refractivity contribution in [3.05, 3.63) is 88.8 Å². The predicted octanol–water partition coefficient (Wildman–Crippen LogP) is 3.86. The number of amides is 1. The van der Waals surface area contributed by atoms with Crippen molar-refractivity contribution in [2.75, 3.05) is 45.3 Å². The number of piperazine rings is 1. The minimum absolute atomic E-state index is 0.187. The average molecular weight is 524 g/mol. The highest BCUT2D eigenvalue weighted by Crippen LogP contribution is 2.30. The van der Waals surface area contributed by atoms with E-state index in [0.29, 0.717) is 48.5 Å². The highest BCUT2D eigenvalue weighted by Gasteiger charge is 2.29. The number of methoxy groups -OCH3 is 2. The second-order valence-electron chi connectivity index (χ2n) is 9.54. The molecule has 0 N–H and O–H groups in total. The molecule has 1 saturated heterocycles. The third kappa shape index (κ3) is 4.16. The van der Waals surface area contributed by atoms with E-state index in [1.165, 1.54) is 4.68 Å². The topological polar surface area (TPSA) is 81.8 Å². The van der Waals surface area contributed by atoms with Gasteiger partial charge in [-0.25, -0.2) is 0 Å². The summed E-state index contributed by atoms with van der Waals surface area (Å²) in [6, 6.07) is 22.8. The fraction of sp³-hybridized carbons (Fsp3) is 0.233. The fourth-order valence-electron chi connectivity index (χ4n) is 5.34. The SMILES string of the molecule is COc1ccc(N2CCN(C(=O)c3nn(-c4ccc(OC)cc4)c(=O)c4c3c3ccccc3n4C)CC2)cc1.